The first-order valence-electron chi connectivity index (χ1n) is 6.17. The van der Waals surface area contributed by atoms with Gasteiger partial charge < -0.3 is 5.32 Å². The van der Waals surface area contributed by atoms with E-state index < -0.39 is 0 Å². The van der Waals surface area contributed by atoms with Gasteiger partial charge in [0.05, 0.1) is 9.93 Å². The van der Waals surface area contributed by atoms with Crippen LogP contribution in [0.1, 0.15) is 5.56 Å². The number of aromatic nitrogens is 1. The van der Waals surface area contributed by atoms with Crippen molar-refractivity contribution in [3.05, 3.63) is 64.2 Å². The lowest BCUT2D eigenvalue weighted by molar-refractivity contribution is -0.115. The van der Waals surface area contributed by atoms with Crippen LogP contribution >= 0.6 is 23.4 Å². The molecule has 0 spiro atoms. The lowest BCUT2D eigenvalue weighted by Crippen LogP contribution is -2.19. The summed E-state index contributed by atoms with van der Waals surface area (Å²) < 4.78 is 0. The zero-order chi connectivity index (χ0) is 14.7. The average molecular weight is 316 g/mol. The second-order valence-corrected chi connectivity index (χ2v) is 5.69. The number of carbonyl (C=O) groups excluding carboxylic acids is 1. The van der Waals surface area contributed by atoms with Gasteiger partial charge in [-0.3, -0.25) is 4.79 Å². The number of amides is 1. The standard InChI is InChI=1S/C15H10ClN3OS/c16-11-6-7-13(17-9-11)18-15-19-14(20)12(21-15)8-10-4-2-1-3-5-10/h1-9H,(H,17,18,19,20)/b12-8-. The van der Waals surface area contributed by atoms with Crippen LogP contribution in [0.4, 0.5) is 5.82 Å². The Balaban J connectivity index is 1.81. The number of thioether (sulfide) groups is 1. The molecule has 6 heteroatoms. The van der Waals surface area contributed by atoms with Crippen molar-refractivity contribution < 1.29 is 4.79 Å². The number of pyridine rings is 1. The van der Waals surface area contributed by atoms with Gasteiger partial charge in [0, 0.05) is 6.20 Å². The summed E-state index contributed by atoms with van der Waals surface area (Å²) in [6.07, 6.45) is 3.35. The smallest absolute Gasteiger partial charge is 0.264 e. The van der Waals surface area contributed by atoms with Gasteiger partial charge in [-0.25, -0.2) is 9.98 Å². The third-order valence-electron chi connectivity index (χ3n) is 2.68. The number of hydrogen-bond donors (Lipinski definition) is 1. The number of nitrogens with zero attached hydrogens (tertiary/aromatic N) is 2. The quantitative estimate of drug-likeness (QED) is 0.861. The fourth-order valence-electron chi connectivity index (χ4n) is 1.72. The SMILES string of the molecule is O=C1NC(=Nc2ccc(Cl)cn2)S/C1=C\c1ccccc1. The van der Waals surface area contributed by atoms with Gasteiger partial charge in [-0.1, -0.05) is 41.9 Å². The minimum atomic E-state index is -0.156. The Morgan fingerprint density at radius 1 is 1.19 bits per heavy atom. The van der Waals surface area contributed by atoms with Crippen molar-refractivity contribution in [1.82, 2.24) is 10.3 Å². The maximum Gasteiger partial charge on any atom is 0.264 e. The molecule has 1 amide bonds. The lowest BCUT2D eigenvalue weighted by atomic mass is 10.2. The summed E-state index contributed by atoms with van der Waals surface area (Å²) in [4.78, 5) is 20.9. The molecule has 1 aliphatic rings. The molecule has 1 aliphatic heterocycles. The van der Waals surface area contributed by atoms with Gasteiger partial charge in [0.1, 0.15) is 0 Å². The predicted molar refractivity (Wildman–Crippen MR) is 86.5 cm³/mol. The van der Waals surface area contributed by atoms with Crippen molar-refractivity contribution in [3.63, 3.8) is 0 Å². The van der Waals surface area contributed by atoms with E-state index >= 15 is 0 Å². The van der Waals surface area contributed by atoms with Crippen molar-refractivity contribution in [3.8, 4) is 0 Å². The molecule has 0 saturated carbocycles. The van der Waals surface area contributed by atoms with E-state index in [1.807, 2.05) is 36.4 Å². The topological polar surface area (TPSA) is 54.4 Å². The van der Waals surface area contributed by atoms with E-state index in [1.165, 1.54) is 18.0 Å². The summed E-state index contributed by atoms with van der Waals surface area (Å²) in [6.45, 7) is 0. The van der Waals surface area contributed by atoms with Crippen molar-refractivity contribution in [2.24, 2.45) is 4.99 Å². The molecule has 4 nitrogen and oxygen atoms in total. The molecule has 1 N–H and O–H groups in total. The second kappa shape index (κ2) is 6.11. The fraction of sp³-hybridized carbons (Fsp3) is 0. The molecule has 104 valence electrons. The summed E-state index contributed by atoms with van der Waals surface area (Å²) in [5, 5.41) is 3.78. The highest BCUT2D eigenvalue weighted by molar-refractivity contribution is 8.18. The molecular weight excluding hydrogens is 306 g/mol. The van der Waals surface area contributed by atoms with Gasteiger partial charge in [0.15, 0.2) is 11.0 Å². The Labute approximate surface area is 131 Å². The molecule has 3 rings (SSSR count). The normalized spacial score (nSPS) is 18.2. The fourth-order valence-corrected chi connectivity index (χ4v) is 2.66. The lowest BCUT2D eigenvalue weighted by Gasteiger charge is -1.95. The van der Waals surface area contributed by atoms with Crippen molar-refractivity contribution in [2.75, 3.05) is 0 Å². The van der Waals surface area contributed by atoms with E-state index in [4.69, 9.17) is 11.6 Å². The van der Waals surface area contributed by atoms with Crippen molar-refractivity contribution in [1.29, 1.82) is 0 Å². The Morgan fingerprint density at radius 3 is 2.71 bits per heavy atom. The van der Waals surface area contributed by atoms with Crippen LogP contribution in [0.5, 0.6) is 0 Å². The molecule has 2 aromatic rings. The summed E-state index contributed by atoms with van der Waals surface area (Å²) in [7, 11) is 0. The van der Waals surface area contributed by atoms with Crippen molar-refractivity contribution in [2.45, 2.75) is 0 Å². The summed E-state index contributed by atoms with van der Waals surface area (Å²) in [5.41, 5.74) is 0.973. The zero-order valence-electron chi connectivity index (χ0n) is 10.8. The molecule has 2 heterocycles. The first-order valence-corrected chi connectivity index (χ1v) is 7.36. The zero-order valence-corrected chi connectivity index (χ0v) is 12.4. The van der Waals surface area contributed by atoms with E-state index in [0.29, 0.717) is 20.9 Å². The number of nitrogens with one attached hydrogen (secondary N) is 1. The molecule has 1 aromatic carbocycles. The summed E-state index contributed by atoms with van der Waals surface area (Å²) in [6, 6.07) is 13.1. The molecule has 1 saturated heterocycles. The van der Waals surface area contributed by atoms with Gasteiger partial charge in [-0.15, -0.1) is 0 Å². The van der Waals surface area contributed by atoms with Crippen LogP contribution in [0.3, 0.4) is 0 Å². The van der Waals surface area contributed by atoms with Crippen LogP contribution in [0, 0.1) is 0 Å². The van der Waals surface area contributed by atoms with E-state index in [0.717, 1.165) is 5.56 Å². The maximum absolute atomic E-state index is 11.9. The Hall–Kier alpha value is -2.11. The van der Waals surface area contributed by atoms with E-state index in [2.05, 4.69) is 15.3 Å². The number of benzene rings is 1. The average Bonchev–Trinajstić information content (AvgIpc) is 2.82. The maximum atomic E-state index is 11.9. The molecule has 21 heavy (non-hydrogen) atoms. The van der Waals surface area contributed by atoms with Crippen LogP contribution < -0.4 is 5.32 Å². The molecule has 0 bridgehead atoms. The molecule has 0 aliphatic carbocycles. The van der Waals surface area contributed by atoms with Gasteiger partial charge in [-0.05, 0) is 35.5 Å². The van der Waals surface area contributed by atoms with Crippen LogP contribution in [0.25, 0.3) is 6.08 Å². The molecule has 1 aromatic heterocycles. The number of carbonyl (C=O) groups is 1. The highest BCUT2D eigenvalue weighted by Crippen LogP contribution is 2.27. The molecule has 0 unspecified atom stereocenters. The monoisotopic (exact) mass is 315 g/mol. The van der Waals surface area contributed by atoms with E-state index in [1.54, 1.807) is 12.1 Å². The molecular formula is C15H10ClN3OS. The molecule has 0 atom stereocenters. The third kappa shape index (κ3) is 3.51. The van der Waals surface area contributed by atoms with E-state index in [-0.39, 0.29) is 5.91 Å². The van der Waals surface area contributed by atoms with Gasteiger partial charge in [-0.2, -0.15) is 0 Å². The number of halogens is 1. The highest BCUT2D eigenvalue weighted by Gasteiger charge is 2.23. The van der Waals surface area contributed by atoms with Gasteiger partial charge in [0.2, 0.25) is 0 Å². The number of hydrogen-bond acceptors (Lipinski definition) is 4. The number of aliphatic imine (C=N–C) groups is 1. The van der Waals surface area contributed by atoms with Crippen LogP contribution in [0.2, 0.25) is 5.02 Å². The minimum absolute atomic E-state index is 0.156. The number of amidine groups is 1. The Bertz CT molecular complexity index is 726. The second-order valence-electron chi connectivity index (χ2n) is 4.23. The summed E-state index contributed by atoms with van der Waals surface area (Å²) >= 11 is 7.06. The minimum Gasteiger partial charge on any atom is -0.300 e. The van der Waals surface area contributed by atoms with Gasteiger partial charge in [0.25, 0.3) is 5.91 Å². The highest BCUT2D eigenvalue weighted by atomic mass is 35.5. The first kappa shape index (κ1) is 13.9. The third-order valence-corrected chi connectivity index (χ3v) is 3.81. The molecule has 1 fully saturated rings. The summed E-state index contributed by atoms with van der Waals surface area (Å²) in [5.74, 6) is 0.347. The van der Waals surface area contributed by atoms with Crippen LogP contribution in [0.15, 0.2) is 58.6 Å². The molecule has 0 radical (unpaired) electrons. The van der Waals surface area contributed by atoms with Crippen LogP contribution in [-0.2, 0) is 4.79 Å². The van der Waals surface area contributed by atoms with Gasteiger partial charge >= 0.3 is 0 Å². The van der Waals surface area contributed by atoms with Crippen LogP contribution in [-0.4, -0.2) is 16.1 Å². The van der Waals surface area contributed by atoms with E-state index in [9.17, 15) is 4.79 Å². The Morgan fingerprint density at radius 2 is 2.00 bits per heavy atom. The number of rotatable bonds is 2. The van der Waals surface area contributed by atoms with Crippen molar-refractivity contribution >= 4 is 46.3 Å². The largest absolute Gasteiger partial charge is 0.300 e. The Kier molecular flexibility index (Phi) is 4.03. The first-order chi connectivity index (χ1) is 10.2. The predicted octanol–water partition coefficient (Wildman–Crippen LogP) is 3.63.